The number of hydrogen-bond donors (Lipinski definition) is 3. The van der Waals surface area contributed by atoms with Gasteiger partial charge < -0.3 is 15.2 Å². The Morgan fingerprint density at radius 3 is 2.24 bits per heavy atom. The van der Waals surface area contributed by atoms with Gasteiger partial charge in [-0.3, -0.25) is 14.9 Å². The van der Waals surface area contributed by atoms with Gasteiger partial charge in [-0.05, 0) is 63.3 Å². The molecule has 3 aromatic carbocycles. The van der Waals surface area contributed by atoms with Crippen molar-refractivity contribution in [2.75, 3.05) is 11.9 Å². The minimum atomic E-state index is -0.999. The van der Waals surface area contributed by atoms with Gasteiger partial charge in [0.15, 0.2) is 0 Å². The van der Waals surface area contributed by atoms with Crippen LogP contribution in [0.3, 0.4) is 0 Å². The van der Waals surface area contributed by atoms with E-state index in [1.54, 1.807) is 19.1 Å². The van der Waals surface area contributed by atoms with E-state index in [1.807, 2.05) is 36.4 Å². The van der Waals surface area contributed by atoms with Crippen molar-refractivity contribution in [1.29, 1.82) is 0 Å². The Labute approximate surface area is 205 Å². The maximum Gasteiger partial charge on any atom is 0.411 e. The van der Waals surface area contributed by atoms with Gasteiger partial charge in [0, 0.05) is 22.0 Å². The van der Waals surface area contributed by atoms with Crippen molar-refractivity contribution in [2.24, 2.45) is 0 Å². The number of hydrogen-bond acceptors (Lipinski definition) is 4. The van der Waals surface area contributed by atoms with Crippen LogP contribution in [0.4, 0.5) is 10.5 Å². The summed E-state index contributed by atoms with van der Waals surface area (Å²) in [7, 11) is 0. The minimum absolute atomic E-state index is 0.0607. The van der Waals surface area contributed by atoms with Gasteiger partial charge in [-0.2, -0.15) is 0 Å². The molecule has 1 unspecified atom stereocenters. The zero-order chi connectivity index (χ0) is 24.2. The van der Waals surface area contributed by atoms with E-state index >= 15 is 0 Å². The molecule has 34 heavy (non-hydrogen) atoms. The summed E-state index contributed by atoms with van der Waals surface area (Å²) in [5.74, 6) is -1.49. The fourth-order valence-electron chi connectivity index (χ4n) is 4.13. The van der Waals surface area contributed by atoms with Crippen LogP contribution < -0.4 is 10.6 Å². The predicted molar refractivity (Wildman–Crippen MR) is 132 cm³/mol. The van der Waals surface area contributed by atoms with Crippen molar-refractivity contribution < 1.29 is 24.2 Å². The van der Waals surface area contributed by atoms with Crippen molar-refractivity contribution in [1.82, 2.24) is 5.32 Å². The lowest BCUT2D eigenvalue weighted by Gasteiger charge is -2.16. The molecule has 174 valence electrons. The number of rotatable bonds is 7. The van der Waals surface area contributed by atoms with Crippen molar-refractivity contribution in [3.8, 4) is 11.1 Å². The minimum Gasteiger partial charge on any atom is -0.481 e. The Kier molecular flexibility index (Phi) is 6.98. The van der Waals surface area contributed by atoms with E-state index in [0.717, 1.165) is 22.3 Å². The summed E-state index contributed by atoms with van der Waals surface area (Å²) in [6.45, 7) is 1.78. The third-order valence-electron chi connectivity index (χ3n) is 5.67. The lowest BCUT2D eigenvalue weighted by Crippen LogP contribution is -2.34. The van der Waals surface area contributed by atoms with Gasteiger partial charge in [0.1, 0.15) is 6.61 Å². The van der Waals surface area contributed by atoms with Crippen LogP contribution in [0.5, 0.6) is 0 Å². The number of carboxylic acid groups (broad SMARTS) is 1. The highest BCUT2D eigenvalue weighted by Gasteiger charge is 2.29. The van der Waals surface area contributed by atoms with Crippen LogP contribution in [0.2, 0.25) is 0 Å². The summed E-state index contributed by atoms with van der Waals surface area (Å²) in [6, 6.07) is 20.4. The largest absolute Gasteiger partial charge is 0.481 e. The average Bonchev–Trinajstić information content (AvgIpc) is 3.12. The molecule has 0 aliphatic heterocycles. The molecule has 4 rings (SSSR count). The van der Waals surface area contributed by atoms with E-state index in [0.29, 0.717) is 10.2 Å². The maximum atomic E-state index is 12.6. The fourth-order valence-corrected chi connectivity index (χ4v) is 4.47. The number of nitrogens with one attached hydrogen (secondary N) is 2. The molecule has 0 heterocycles. The molecule has 2 amide bonds. The second kappa shape index (κ2) is 10.1. The van der Waals surface area contributed by atoms with Crippen LogP contribution >= 0.6 is 15.9 Å². The van der Waals surface area contributed by atoms with Gasteiger partial charge in [0.05, 0.1) is 12.1 Å². The summed E-state index contributed by atoms with van der Waals surface area (Å²) in [5, 5.41) is 14.2. The zero-order valence-corrected chi connectivity index (χ0v) is 20.0. The van der Waals surface area contributed by atoms with Crippen molar-refractivity contribution in [2.45, 2.75) is 25.3 Å². The normalized spacial score (nSPS) is 12.9. The first-order valence-corrected chi connectivity index (χ1v) is 11.6. The molecule has 0 bridgehead atoms. The standard InChI is InChI=1S/C26H23BrN2O5/c1-15(12-24(30)31)28-25(32)16-10-11-22(27)23(13-16)29-26(33)34-14-21-19-8-4-2-6-17(19)18-7-3-5-9-20(18)21/h2-11,13,15,21H,12,14H2,1H3,(H,28,32)(H,29,33)(H,30,31). The van der Waals surface area contributed by atoms with E-state index in [9.17, 15) is 14.4 Å². The number of carboxylic acids is 1. The number of carbonyl (C=O) groups excluding carboxylic acids is 2. The fraction of sp³-hybridized carbons (Fsp3) is 0.192. The molecule has 3 aromatic rings. The van der Waals surface area contributed by atoms with E-state index in [-0.39, 0.29) is 24.5 Å². The summed E-state index contributed by atoms with van der Waals surface area (Å²) < 4.78 is 6.15. The number of ether oxygens (including phenoxy) is 1. The van der Waals surface area contributed by atoms with Gasteiger partial charge in [0.25, 0.3) is 5.91 Å². The second-order valence-corrected chi connectivity index (χ2v) is 8.97. The van der Waals surface area contributed by atoms with E-state index in [1.165, 1.54) is 6.07 Å². The van der Waals surface area contributed by atoms with Crippen LogP contribution in [0, 0.1) is 0 Å². The van der Waals surface area contributed by atoms with Crippen LogP contribution in [0.25, 0.3) is 11.1 Å². The molecular formula is C26H23BrN2O5. The predicted octanol–water partition coefficient (Wildman–Crippen LogP) is 5.40. The Morgan fingerprint density at radius 1 is 1.00 bits per heavy atom. The monoisotopic (exact) mass is 522 g/mol. The molecule has 0 saturated carbocycles. The van der Waals surface area contributed by atoms with Crippen molar-refractivity contribution in [3.63, 3.8) is 0 Å². The molecule has 0 aromatic heterocycles. The zero-order valence-electron chi connectivity index (χ0n) is 18.4. The van der Waals surface area contributed by atoms with Gasteiger partial charge in [0.2, 0.25) is 0 Å². The summed E-state index contributed by atoms with van der Waals surface area (Å²) in [5.41, 5.74) is 5.18. The molecule has 8 heteroatoms. The Morgan fingerprint density at radius 2 is 1.62 bits per heavy atom. The molecule has 0 saturated heterocycles. The van der Waals surface area contributed by atoms with Crippen LogP contribution in [0.15, 0.2) is 71.2 Å². The number of anilines is 1. The Hall–Kier alpha value is -3.65. The third-order valence-corrected chi connectivity index (χ3v) is 6.36. The Bertz CT molecular complexity index is 1210. The molecule has 7 nitrogen and oxygen atoms in total. The number of halogens is 1. The smallest absolute Gasteiger partial charge is 0.411 e. The van der Waals surface area contributed by atoms with Crippen molar-refractivity contribution >= 4 is 39.6 Å². The summed E-state index contributed by atoms with van der Waals surface area (Å²) >= 11 is 3.37. The summed E-state index contributed by atoms with van der Waals surface area (Å²) in [6.07, 6.45) is -0.827. The maximum absolute atomic E-state index is 12.6. The SMILES string of the molecule is CC(CC(=O)O)NC(=O)c1ccc(Br)c(NC(=O)OCC2c3ccccc3-c3ccccc32)c1. The third kappa shape index (κ3) is 5.12. The molecule has 0 spiro atoms. The number of fused-ring (bicyclic) bond motifs is 3. The first-order chi connectivity index (χ1) is 16.3. The van der Waals surface area contributed by atoms with Gasteiger partial charge in [-0.1, -0.05) is 48.5 Å². The number of benzene rings is 3. The first-order valence-electron chi connectivity index (χ1n) is 10.8. The average molecular weight is 523 g/mol. The highest BCUT2D eigenvalue weighted by atomic mass is 79.9. The highest BCUT2D eigenvalue weighted by Crippen LogP contribution is 2.44. The molecule has 0 fully saturated rings. The van der Waals surface area contributed by atoms with Gasteiger partial charge in [-0.25, -0.2) is 4.79 Å². The lowest BCUT2D eigenvalue weighted by atomic mass is 9.98. The lowest BCUT2D eigenvalue weighted by molar-refractivity contribution is -0.137. The van der Waals surface area contributed by atoms with Crippen LogP contribution in [-0.2, 0) is 9.53 Å². The molecule has 1 atom stereocenters. The van der Waals surface area contributed by atoms with Crippen LogP contribution in [-0.4, -0.2) is 35.7 Å². The number of aliphatic carboxylic acids is 1. The van der Waals surface area contributed by atoms with Gasteiger partial charge in [-0.15, -0.1) is 0 Å². The van der Waals surface area contributed by atoms with Crippen LogP contribution in [0.1, 0.15) is 40.7 Å². The van der Waals surface area contributed by atoms with E-state index in [4.69, 9.17) is 9.84 Å². The van der Waals surface area contributed by atoms with E-state index in [2.05, 4.69) is 38.7 Å². The van der Waals surface area contributed by atoms with Crippen molar-refractivity contribution in [3.05, 3.63) is 87.9 Å². The highest BCUT2D eigenvalue weighted by molar-refractivity contribution is 9.10. The molecule has 3 N–H and O–H groups in total. The molecular weight excluding hydrogens is 500 g/mol. The number of amides is 2. The molecule has 1 aliphatic rings. The molecule has 1 aliphatic carbocycles. The van der Waals surface area contributed by atoms with Gasteiger partial charge >= 0.3 is 12.1 Å². The Balaban J connectivity index is 1.42. The molecule has 0 radical (unpaired) electrons. The quantitative estimate of drug-likeness (QED) is 0.385. The summed E-state index contributed by atoms with van der Waals surface area (Å²) in [4.78, 5) is 35.9. The topological polar surface area (TPSA) is 105 Å². The second-order valence-electron chi connectivity index (χ2n) is 8.12. The number of carbonyl (C=O) groups is 3. The first kappa shape index (κ1) is 23.5. The van der Waals surface area contributed by atoms with E-state index < -0.39 is 24.0 Å².